The Morgan fingerprint density at radius 1 is 1.24 bits per heavy atom. The third kappa shape index (κ3) is 4.29. The fraction of sp³-hybridized carbons (Fsp3) is 0.667. The lowest BCUT2D eigenvalue weighted by molar-refractivity contribution is 0.101. The molecule has 0 heterocycles. The van der Waals surface area contributed by atoms with E-state index in [1.165, 1.54) is 25.3 Å². The molecule has 1 saturated carbocycles. The van der Waals surface area contributed by atoms with Crippen molar-refractivity contribution in [2.24, 2.45) is 28.9 Å². The molecule has 2 rings (SSSR count). The van der Waals surface area contributed by atoms with Gasteiger partial charge in [0.2, 0.25) is 0 Å². The molecule has 3 heteroatoms. The summed E-state index contributed by atoms with van der Waals surface area (Å²) in [7, 11) is 0. The Balaban J connectivity index is 2.16. The molecule has 0 bridgehead atoms. The molecule has 118 valence electrons. The Morgan fingerprint density at radius 3 is 2.57 bits per heavy atom. The van der Waals surface area contributed by atoms with Crippen molar-refractivity contribution < 1.29 is 4.39 Å². The van der Waals surface area contributed by atoms with Gasteiger partial charge in [-0.3, -0.25) is 0 Å². The first-order valence-corrected chi connectivity index (χ1v) is 8.74. The summed E-state index contributed by atoms with van der Waals surface area (Å²) >= 11 is 3.56. The number of rotatable bonds is 3. The van der Waals surface area contributed by atoms with Gasteiger partial charge in [0.05, 0.1) is 0 Å². The van der Waals surface area contributed by atoms with E-state index in [9.17, 15) is 4.39 Å². The molecule has 21 heavy (non-hydrogen) atoms. The van der Waals surface area contributed by atoms with Crippen LogP contribution in [0.25, 0.3) is 0 Å². The summed E-state index contributed by atoms with van der Waals surface area (Å²) in [4.78, 5) is 0. The fourth-order valence-electron chi connectivity index (χ4n) is 3.66. The highest BCUT2D eigenvalue weighted by atomic mass is 79.9. The summed E-state index contributed by atoms with van der Waals surface area (Å²) in [6.07, 6.45) is 4.60. The quantitative estimate of drug-likeness (QED) is 0.795. The number of hydrogen-bond donors (Lipinski definition) is 1. The number of nitrogens with two attached hydrogens (primary N) is 1. The highest BCUT2D eigenvalue weighted by Gasteiger charge is 2.35. The second-order valence-electron chi connectivity index (χ2n) is 7.57. The van der Waals surface area contributed by atoms with Crippen molar-refractivity contribution in [1.29, 1.82) is 0 Å². The van der Waals surface area contributed by atoms with E-state index in [1.54, 1.807) is 6.07 Å². The largest absolute Gasteiger partial charge is 0.330 e. The van der Waals surface area contributed by atoms with Gasteiger partial charge in [0, 0.05) is 4.47 Å². The smallest absolute Gasteiger partial charge is 0.123 e. The van der Waals surface area contributed by atoms with Gasteiger partial charge in [-0.2, -0.15) is 0 Å². The molecule has 0 radical (unpaired) electrons. The topological polar surface area (TPSA) is 26.0 Å². The minimum absolute atomic E-state index is 0.152. The summed E-state index contributed by atoms with van der Waals surface area (Å²) in [5.74, 6) is 1.71. The molecule has 1 aromatic carbocycles. The van der Waals surface area contributed by atoms with Gasteiger partial charge in [0.15, 0.2) is 0 Å². The van der Waals surface area contributed by atoms with Gasteiger partial charge in [0.1, 0.15) is 5.82 Å². The lowest BCUT2D eigenvalue weighted by Gasteiger charge is -2.42. The first kappa shape index (κ1) is 17.0. The minimum Gasteiger partial charge on any atom is -0.330 e. The van der Waals surface area contributed by atoms with Crippen molar-refractivity contribution in [2.75, 3.05) is 6.54 Å². The molecule has 2 N–H and O–H groups in total. The molecule has 0 aromatic heterocycles. The van der Waals surface area contributed by atoms with Gasteiger partial charge in [-0.1, -0.05) is 36.7 Å². The third-order valence-corrected chi connectivity index (χ3v) is 5.93. The van der Waals surface area contributed by atoms with Crippen molar-refractivity contribution in [3.05, 3.63) is 34.1 Å². The predicted octanol–water partition coefficient (Wildman–Crippen LogP) is 5.17. The van der Waals surface area contributed by atoms with Crippen LogP contribution in [0, 0.1) is 29.0 Å². The van der Waals surface area contributed by atoms with E-state index >= 15 is 0 Å². The lowest BCUT2D eigenvalue weighted by Crippen LogP contribution is -2.36. The molecule has 0 aliphatic heterocycles. The first-order chi connectivity index (χ1) is 9.81. The van der Waals surface area contributed by atoms with E-state index in [-0.39, 0.29) is 5.82 Å². The molecule has 1 aliphatic rings. The summed E-state index contributed by atoms with van der Waals surface area (Å²) in [5, 5.41) is 0. The molecular formula is C18H27BrFN. The lowest BCUT2D eigenvalue weighted by atomic mass is 9.64. The average molecular weight is 356 g/mol. The highest BCUT2D eigenvalue weighted by Crippen LogP contribution is 2.44. The van der Waals surface area contributed by atoms with Crippen LogP contribution in [0.4, 0.5) is 4.39 Å². The maximum atomic E-state index is 13.5. The minimum atomic E-state index is -0.152. The number of hydrogen-bond acceptors (Lipinski definition) is 1. The molecule has 1 aliphatic carbocycles. The third-order valence-electron chi connectivity index (χ3n) is 5.16. The number of benzene rings is 1. The monoisotopic (exact) mass is 355 g/mol. The van der Waals surface area contributed by atoms with Crippen molar-refractivity contribution in [2.45, 2.75) is 46.5 Å². The Hall–Kier alpha value is -0.410. The molecule has 1 fully saturated rings. The first-order valence-electron chi connectivity index (χ1n) is 7.95. The molecule has 0 amide bonds. The van der Waals surface area contributed by atoms with Crippen LogP contribution in [-0.4, -0.2) is 6.54 Å². The van der Waals surface area contributed by atoms with Crippen molar-refractivity contribution in [3.63, 3.8) is 0 Å². The van der Waals surface area contributed by atoms with Crippen molar-refractivity contribution in [3.8, 4) is 0 Å². The van der Waals surface area contributed by atoms with E-state index in [4.69, 9.17) is 5.73 Å². The maximum absolute atomic E-state index is 13.5. The zero-order chi connectivity index (χ0) is 15.6. The van der Waals surface area contributed by atoms with Crippen LogP contribution in [0.2, 0.25) is 0 Å². The van der Waals surface area contributed by atoms with Gasteiger partial charge in [-0.25, -0.2) is 4.39 Å². The molecule has 3 unspecified atom stereocenters. The van der Waals surface area contributed by atoms with E-state index in [0.29, 0.717) is 17.3 Å². The van der Waals surface area contributed by atoms with Crippen LogP contribution in [-0.2, 0) is 6.42 Å². The predicted molar refractivity (Wildman–Crippen MR) is 90.6 cm³/mol. The Bertz CT molecular complexity index is 481. The molecule has 0 spiro atoms. The molecule has 1 nitrogen and oxygen atoms in total. The van der Waals surface area contributed by atoms with Crippen LogP contribution < -0.4 is 5.73 Å². The van der Waals surface area contributed by atoms with Crippen LogP contribution in [0.15, 0.2) is 22.7 Å². The number of halogens is 2. The molecule has 1 aromatic rings. The van der Waals surface area contributed by atoms with Crippen molar-refractivity contribution >= 4 is 15.9 Å². The van der Waals surface area contributed by atoms with Gasteiger partial charge in [0.25, 0.3) is 0 Å². The standard InChI is InChI=1S/C18H27BrFN/c1-18(2,3)15-5-4-12(11-21)13(9-15)8-14-10-16(20)6-7-17(14)19/h6-7,10,12-13,15H,4-5,8-9,11,21H2,1-3H3. The average Bonchev–Trinajstić information content (AvgIpc) is 2.42. The molecule has 3 atom stereocenters. The van der Waals surface area contributed by atoms with Crippen LogP contribution >= 0.6 is 15.9 Å². The van der Waals surface area contributed by atoms with E-state index in [1.807, 2.05) is 6.07 Å². The van der Waals surface area contributed by atoms with Crippen LogP contribution in [0.3, 0.4) is 0 Å². The van der Waals surface area contributed by atoms with E-state index in [2.05, 4.69) is 36.7 Å². The highest BCUT2D eigenvalue weighted by molar-refractivity contribution is 9.10. The molecule has 0 saturated heterocycles. The van der Waals surface area contributed by atoms with Gasteiger partial charge in [-0.15, -0.1) is 0 Å². The summed E-state index contributed by atoms with van der Waals surface area (Å²) < 4.78 is 14.5. The summed E-state index contributed by atoms with van der Waals surface area (Å²) in [5.41, 5.74) is 7.41. The second-order valence-corrected chi connectivity index (χ2v) is 8.43. The van der Waals surface area contributed by atoms with E-state index in [0.717, 1.165) is 28.9 Å². The van der Waals surface area contributed by atoms with Gasteiger partial charge >= 0.3 is 0 Å². The van der Waals surface area contributed by atoms with Gasteiger partial charge in [-0.05, 0) is 79.2 Å². The zero-order valence-corrected chi connectivity index (χ0v) is 14.9. The summed E-state index contributed by atoms with van der Waals surface area (Å²) in [6, 6.07) is 4.98. The maximum Gasteiger partial charge on any atom is 0.123 e. The fourth-order valence-corrected chi connectivity index (χ4v) is 4.06. The second kappa shape index (κ2) is 6.78. The Labute approximate surface area is 136 Å². The Morgan fingerprint density at radius 2 is 1.95 bits per heavy atom. The van der Waals surface area contributed by atoms with Crippen LogP contribution in [0.5, 0.6) is 0 Å². The van der Waals surface area contributed by atoms with Gasteiger partial charge < -0.3 is 5.73 Å². The van der Waals surface area contributed by atoms with E-state index < -0.39 is 0 Å². The molecular weight excluding hydrogens is 329 g/mol. The van der Waals surface area contributed by atoms with Crippen molar-refractivity contribution in [1.82, 2.24) is 0 Å². The summed E-state index contributed by atoms with van der Waals surface area (Å²) in [6.45, 7) is 7.73. The zero-order valence-electron chi connectivity index (χ0n) is 13.3. The van der Waals surface area contributed by atoms with Crippen LogP contribution in [0.1, 0.15) is 45.6 Å². The Kier molecular flexibility index (Phi) is 5.48. The normalized spacial score (nSPS) is 26.9. The SMILES string of the molecule is CC(C)(C)C1CCC(CN)C(Cc2cc(F)ccc2Br)C1.